The van der Waals surface area contributed by atoms with Gasteiger partial charge in [-0.15, -0.1) is 0 Å². The summed E-state index contributed by atoms with van der Waals surface area (Å²) in [6, 6.07) is 1.97. The molecule has 0 aromatic carbocycles. The average Bonchev–Trinajstić information content (AvgIpc) is 2.01. The van der Waals surface area contributed by atoms with Gasteiger partial charge in [-0.25, -0.2) is 0 Å². The largest absolute Gasteiger partial charge is 0.357 e. The van der Waals surface area contributed by atoms with Crippen LogP contribution in [0.1, 0.15) is 0 Å². The maximum atomic E-state index is 4.05. The number of nitrogens with one attached hydrogen (secondary N) is 1. The molecule has 0 saturated carbocycles. The Balaban J connectivity index is 2.56. The summed E-state index contributed by atoms with van der Waals surface area (Å²) in [5, 5.41) is 3.19. The summed E-state index contributed by atoms with van der Waals surface area (Å²) in [6.45, 7) is 4.74. The normalized spacial score (nSPS) is 10.3. The van der Waals surface area contributed by atoms with Crippen LogP contribution in [0.4, 0.5) is 5.69 Å². The van der Waals surface area contributed by atoms with E-state index in [0.29, 0.717) is 0 Å². The maximum absolute atomic E-state index is 4.05. The lowest BCUT2D eigenvalue weighted by Gasteiger charge is -2.13. The van der Waals surface area contributed by atoms with E-state index in [1.54, 1.807) is 12.4 Å². The molecule has 0 bridgehead atoms. The highest BCUT2D eigenvalue weighted by molar-refractivity contribution is 9.10. The number of halogens is 1. The summed E-state index contributed by atoms with van der Waals surface area (Å²) >= 11 is 3.36. The van der Waals surface area contributed by atoms with Gasteiger partial charge in [-0.2, -0.15) is 0 Å². The highest BCUT2D eigenvalue weighted by Crippen LogP contribution is 2.14. The SMILES string of the molecule is C=C(CN(C)C)Nc1cncc(Br)c1. The lowest BCUT2D eigenvalue weighted by molar-refractivity contribution is 0.447. The zero-order chi connectivity index (χ0) is 10.6. The van der Waals surface area contributed by atoms with E-state index in [9.17, 15) is 0 Å². The van der Waals surface area contributed by atoms with Gasteiger partial charge >= 0.3 is 0 Å². The average molecular weight is 256 g/mol. The summed E-state index contributed by atoms with van der Waals surface area (Å²) in [6.07, 6.45) is 3.52. The van der Waals surface area contributed by atoms with E-state index in [1.165, 1.54) is 0 Å². The highest BCUT2D eigenvalue weighted by atomic mass is 79.9. The molecule has 1 aromatic heterocycles. The molecule has 1 heterocycles. The van der Waals surface area contributed by atoms with Crippen molar-refractivity contribution in [1.29, 1.82) is 0 Å². The lowest BCUT2D eigenvalue weighted by atomic mass is 10.4. The predicted octanol–water partition coefficient (Wildman–Crippen LogP) is 2.33. The first-order valence-electron chi connectivity index (χ1n) is 4.28. The Morgan fingerprint density at radius 2 is 2.29 bits per heavy atom. The van der Waals surface area contributed by atoms with Gasteiger partial charge in [-0.1, -0.05) is 6.58 Å². The van der Waals surface area contributed by atoms with Crippen LogP contribution >= 0.6 is 15.9 Å². The van der Waals surface area contributed by atoms with Crippen molar-refractivity contribution < 1.29 is 0 Å². The molecule has 3 nitrogen and oxygen atoms in total. The third-order valence-corrected chi connectivity index (χ3v) is 1.97. The number of pyridine rings is 1. The smallest absolute Gasteiger partial charge is 0.0579 e. The Kier molecular flexibility index (Phi) is 4.10. The van der Waals surface area contributed by atoms with Gasteiger partial charge in [0.2, 0.25) is 0 Å². The minimum atomic E-state index is 0.812. The molecule has 0 unspecified atom stereocenters. The molecule has 0 fully saturated rings. The molecule has 0 radical (unpaired) electrons. The van der Waals surface area contributed by atoms with Crippen LogP contribution in [0.25, 0.3) is 0 Å². The first-order chi connectivity index (χ1) is 6.58. The van der Waals surface area contributed by atoms with E-state index in [2.05, 4.69) is 37.7 Å². The van der Waals surface area contributed by atoms with Gasteiger partial charge in [-0.05, 0) is 36.1 Å². The molecule has 1 N–H and O–H groups in total. The molecule has 0 atom stereocenters. The van der Waals surface area contributed by atoms with Gasteiger partial charge in [0.15, 0.2) is 0 Å². The molecule has 4 heteroatoms. The molecular formula is C10H14BrN3. The molecule has 0 aliphatic carbocycles. The molecule has 14 heavy (non-hydrogen) atoms. The first kappa shape index (κ1) is 11.2. The number of nitrogens with zero attached hydrogens (tertiary/aromatic N) is 2. The quantitative estimate of drug-likeness (QED) is 0.896. The summed E-state index contributed by atoms with van der Waals surface area (Å²) < 4.78 is 0.958. The van der Waals surface area contributed by atoms with Crippen molar-refractivity contribution >= 4 is 21.6 Å². The molecule has 0 saturated heterocycles. The molecule has 0 aliphatic rings. The molecular weight excluding hydrogens is 242 g/mol. The van der Waals surface area contributed by atoms with E-state index in [4.69, 9.17) is 0 Å². The van der Waals surface area contributed by atoms with Crippen LogP contribution in [0.2, 0.25) is 0 Å². The lowest BCUT2D eigenvalue weighted by Crippen LogP contribution is -2.18. The Morgan fingerprint density at radius 3 is 2.86 bits per heavy atom. The van der Waals surface area contributed by atoms with Gasteiger partial charge in [0.25, 0.3) is 0 Å². The fraction of sp³-hybridized carbons (Fsp3) is 0.300. The Hall–Kier alpha value is -0.870. The zero-order valence-electron chi connectivity index (χ0n) is 8.42. The van der Waals surface area contributed by atoms with Crippen molar-refractivity contribution in [2.24, 2.45) is 0 Å². The topological polar surface area (TPSA) is 28.2 Å². The van der Waals surface area contributed by atoms with Crippen LogP contribution < -0.4 is 5.32 Å². The number of anilines is 1. The van der Waals surface area contributed by atoms with E-state index >= 15 is 0 Å². The minimum absolute atomic E-state index is 0.812. The molecule has 0 amide bonds. The number of hydrogen-bond donors (Lipinski definition) is 1. The van der Waals surface area contributed by atoms with Crippen LogP contribution in [-0.4, -0.2) is 30.5 Å². The minimum Gasteiger partial charge on any atom is -0.357 e. The number of hydrogen-bond acceptors (Lipinski definition) is 3. The summed E-state index contributed by atoms with van der Waals surface area (Å²) in [5.41, 5.74) is 1.90. The van der Waals surface area contributed by atoms with Gasteiger partial charge < -0.3 is 10.2 Å². The van der Waals surface area contributed by atoms with Crippen LogP contribution in [0.3, 0.4) is 0 Å². The van der Waals surface area contributed by atoms with Crippen LogP contribution in [0.5, 0.6) is 0 Å². The fourth-order valence-corrected chi connectivity index (χ4v) is 1.47. The highest BCUT2D eigenvalue weighted by Gasteiger charge is 1.98. The van der Waals surface area contributed by atoms with Crippen LogP contribution in [0, 0.1) is 0 Å². The van der Waals surface area contributed by atoms with Crippen molar-refractivity contribution in [3.63, 3.8) is 0 Å². The van der Waals surface area contributed by atoms with Crippen molar-refractivity contribution in [3.8, 4) is 0 Å². The Labute approximate surface area is 93.0 Å². The molecule has 76 valence electrons. The Bertz CT molecular complexity index is 323. The second-order valence-electron chi connectivity index (χ2n) is 3.36. The number of aromatic nitrogens is 1. The van der Waals surface area contributed by atoms with Crippen molar-refractivity contribution in [1.82, 2.24) is 9.88 Å². The van der Waals surface area contributed by atoms with Crippen molar-refractivity contribution in [2.75, 3.05) is 26.0 Å². The summed E-state index contributed by atoms with van der Waals surface area (Å²) in [7, 11) is 4.01. The third kappa shape index (κ3) is 3.89. The Morgan fingerprint density at radius 1 is 1.57 bits per heavy atom. The van der Waals surface area contributed by atoms with Crippen LogP contribution in [0.15, 0.2) is 35.2 Å². The number of rotatable bonds is 4. The second-order valence-corrected chi connectivity index (χ2v) is 4.27. The van der Waals surface area contributed by atoms with Gasteiger partial charge in [0, 0.05) is 22.9 Å². The molecule has 0 spiro atoms. The van der Waals surface area contributed by atoms with Gasteiger partial charge in [-0.3, -0.25) is 4.98 Å². The molecule has 1 aromatic rings. The standard InChI is InChI=1S/C10H14BrN3/c1-8(7-14(2)3)13-10-4-9(11)5-12-6-10/h4-6,13H,1,7H2,2-3H3. The first-order valence-corrected chi connectivity index (χ1v) is 5.07. The van der Waals surface area contributed by atoms with E-state index < -0.39 is 0 Å². The number of likely N-dealkylation sites (N-methyl/N-ethyl adjacent to an activating group) is 1. The van der Waals surface area contributed by atoms with E-state index in [1.807, 2.05) is 20.2 Å². The second kappa shape index (κ2) is 5.12. The molecule has 0 aliphatic heterocycles. The maximum Gasteiger partial charge on any atom is 0.0579 e. The molecule has 1 rings (SSSR count). The van der Waals surface area contributed by atoms with Gasteiger partial charge in [0.05, 0.1) is 11.9 Å². The predicted molar refractivity (Wildman–Crippen MR) is 63.3 cm³/mol. The monoisotopic (exact) mass is 255 g/mol. The van der Waals surface area contributed by atoms with E-state index in [-0.39, 0.29) is 0 Å². The zero-order valence-corrected chi connectivity index (χ0v) is 10.0. The van der Waals surface area contributed by atoms with Crippen LogP contribution in [-0.2, 0) is 0 Å². The van der Waals surface area contributed by atoms with Crippen molar-refractivity contribution in [2.45, 2.75) is 0 Å². The van der Waals surface area contributed by atoms with Gasteiger partial charge in [0.1, 0.15) is 0 Å². The van der Waals surface area contributed by atoms with E-state index in [0.717, 1.165) is 22.4 Å². The third-order valence-electron chi connectivity index (χ3n) is 1.53. The van der Waals surface area contributed by atoms with Crippen molar-refractivity contribution in [3.05, 3.63) is 35.2 Å². The summed E-state index contributed by atoms with van der Waals surface area (Å²) in [4.78, 5) is 6.11. The fourth-order valence-electron chi connectivity index (χ4n) is 1.11. The summed E-state index contributed by atoms with van der Waals surface area (Å²) in [5.74, 6) is 0.